The molecule has 3 heteroatoms. The number of imidazole rings is 1. The summed E-state index contributed by atoms with van der Waals surface area (Å²) < 4.78 is 2.18. The molecule has 0 aliphatic heterocycles. The highest BCUT2D eigenvalue weighted by Gasteiger charge is 2.20. The summed E-state index contributed by atoms with van der Waals surface area (Å²) in [5.41, 5.74) is 4.57. The van der Waals surface area contributed by atoms with Crippen LogP contribution in [0.25, 0.3) is 5.65 Å². The van der Waals surface area contributed by atoms with Crippen LogP contribution in [0.3, 0.4) is 0 Å². The predicted molar refractivity (Wildman–Crippen MR) is 63.7 cm³/mol. The topological polar surface area (TPSA) is 30.2 Å². The van der Waals surface area contributed by atoms with Crippen LogP contribution in [0.4, 0.5) is 0 Å². The van der Waals surface area contributed by atoms with Gasteiger partial charge in [0.15, 0.2) is 5.65 Å². The van der Waals surface area contributed by atoms with Gasteiger partial charge in [0, 0.05) is 11.4 Å². The molecule has 0 radical (unpaired) electrons. The summed E-state index contributed by atoms with van der Waals surface area (Å²) >= 11 is 0. The smallest absolute Gasteiger partial charge is 0.159 e. The van der Waals surface area contributed by atoms with Crippen LogP contribution < -0.4 is 0 Å². The minimum absolute atomic E-state index is 0.706. The quantitative estimate of drug-likeness (QED) is 0.732. The van der Waals surface area contributed by atoms with Crippen molar-refractivity contribution < 1.29 is 0 Å². The van der Waals surface area contributed by atoms with E-state index in [0.29, 0.717) is 5.92 Å². The van der Waals surface area contributed by atoms with E-state index in [9.17, 15) is 0 Å². The standard InChI is InChI=1S/C13H17N3/c1-9-7-12(11-5-3-4-6-11)16-8-14-10(2)13(16)15-9/h7-8,11H,3-6H2,1-2H3. The molecular weight excluding hydrogens is 198 g/mol. The minimum atomic E-state index is 0.706. The average molecular weight is 215 g/mol. The van der Waals surface area contributed by atoms with Gasteiger partial charge in [0.25, 0.3) is 0 Å². The molecule has 0 bridgehead atoms. The molecule has 0 N–H and O–H groups in total. The van der Waals surface area contributed by atoms with E-state index in [-0.39, 0.29) is 0 Å². The number of nitrogens with zero attached hydrogens (tertiary/aromatic N) is 3. The van der Waals surface area contributed by atoms with Gasteiger partial charge in [-0.1, -0.05) is 12.8 Å². The second-order valence-corrected chi connectivity index (χ2v) is 4.83. The molecule has 2 heterocycles. The number of hydrogen-bond acceptors (Lipinski definition) is 2. The van der Waals surface area contributed by atoms with Gasteiger partial charge in [-0.25, -0.2) is 9.97 Å². The third kappa shape index (κ3) is 1.42. The van der Waals surface area contributed by atoms with Crippen molar-refractivity contribution >= 4 is 5.65 Å². The molecule has 0 atom stereocenters. The van der Waals surface area contributed by atoms with Crippen LogP contribution in [0.1, 0.15) is 48.7 Å². The molecule has 2 aromatic heterocycles. The Balaban J connectivity index is 2.21. The van der Waals surface area contributed by atoms with E-state index >= 15 is 0 Å². The number of aromatic nitrogens is 3. The van der Waals surface area contributed by atoms with E-state index in [1.54, 1.807) is 0 Å². The normalized spacial score (nSPS) is 17.4. The highest BCUT2D eigenvalue weighted by molar-refractivity contribution is 5.46. The first kappa shape index (κ1) is 9.82. The Bertz CT molecular complexity index is 521. The highest BCUT2D eigenvalue weighted by atomic mass is 15.1. The summed E-state index contributed by atoms with van der Waals surface area (Å²) in [4.78, 5) is 8.94. The van der Waals surface area contributed by atoms with Crippen LogP contribution in [0.5, 0.6) is 0 Å². The Morgan fingerprint density at radius 2 is 2.00 bits per heavy atom. The third-order valence-electron chi connectivity index (χ3n) is 3.61. The molecule has 84 valence electrons. The lowest BCUT2D eigenvalue weighted by Gasteiger charge is -2.12. The van der Waals surface area contributed by atoms with Crippen molar-refractivity contribution in [2.24, 2.45) is 0 Å². The molecule has 0 spiro atoms. The number of hydrogen-bond donors (Lipinski definition) is 0. The van der Waals surface area contributed by atoms with Crippen LogP contribution in [0.15, 0.2) is 12.4 Å². The Morgan fingerprint density at radius 1 is 1.25 bits per heavy atom. The van der Waals surface area contributed by atoms with Gasteiger partial charge in [-0.2, -0.15) is 0 Å². The Kier molecular flexibility index (Phi) is 2.20. The van der Waals surface area contributed by atoms with Crippen molar-refractivity contribution in [3.05, 3.63) is 29.5 Å². The summed E-state index contributed by atoms with van der Waals surface area (Å²) in [6.45, 7) is 4.10. The van der Waals surface area contributed by atoms with Crippen LogP contribution in [0.2, 0.25) is 0 Å². The van der Waals surface area contributed by atoms with E-state index in [1.807, 2.05) is 13.3 Å². The zero-order chi connectivity index (χ0) is 11.1. The summed E-state index contributed by atoms with van der Waals surface area (Å²) in [5, 5.41) is 0. The average Bonchev–Trinajstić information content (AvgIpc) is 2.88. The van der Waals surface area contributed by atoms with Gasteiger partial charge < -0.3 is 0 Å². The summed E-state index contributed by atoms with van der Waals surface area (Å²) in [6, 6.07) is 2.23. The molecule has 0 aromatic carbocycles. The Hall–Kier alpha value is -1.38. The maximum Gasteiger partial charge on any atom is 0.159 e. The lowest BCUT2D eigenvalue weighted by atomic mass is 10.0. The fourth-order valence-electron chi connectivity index (χ4n) is 2.77. The fraction of sp³-hybridized carbons (Fsp3) is 0.538. The third-order valence-corrected chi connectivity index (χ3v) is 3.61. The van der Waals surface area contributed by atoms with Gasteiger partial charge >= 0.3 is 0 Å². The molecule has 3 rings (SSSR count). The molecule has 2 aromatic rings. The maximum absolute atomic E-state index is 4.57. The molecule has 1 saturated carbocycles. The van der Waals surface area contributed by atoms with Gasteiger partial charge in [-0.3, -0.25) is 4.40 Å². The van der Waals surface area contributed by atoms with Crippen molar-refractivity contribution in [1.82, 2.24) is 14.4 Å². The van der Waals surface area contributed by atoms with E-state index in [4.69, 9.17) is 0 Å². The highest BCUT2D eigenvalue weighted by Crippen LogP contribution is 2.34. The molecule has 3 nitrogen and oxygen atoms in total. The van der Waals surface area contributed by atoms with E-state index in [0.717, 1.165) is 17.0 Å². The van der Waals surface area contributed by atoms with Crippen molar-refractivity contribution in [1.29, 1.82) is 0 Å². The summed E-state index contributed by atoms with van der Waals surface area (Å²) in [5.74, 6) is 0.706. The molecule has 1 fully saturated rings. The zero-order valence-corrected chi connectivity index (χ0v) is 9.90. The molecule has 16 heavy (non-hydrogen) atoms. The monoisotopic (exact) mass is 215 g/mol. The van der Waals surface area contributed by atoms with E-state index in [2.05, 4.69) is 27.4 Å². The predicted octanol–water partition coefficient (Wildman–Crippen LogP) is 3.00. The summed E-state index contributed by atoms with van der Waals surface area (Å²) in [7, 11) is 0. The van der Waals surface area contributed by atoms with Crippen LogP contribution in [-0.2, 0) is 0 Å². The van der Waals surface area contributed by atoms with Crippen LogP contribution in [0, 0.1) is 13.8 Å². The first-order valence-corrected chi connectivity index (χ1v) is 6.07. The van der Waals surface area contributed by atoms with Gasteiger partial charge in [-0.05, 0) is 38.7 Å². The van der Waals surface area contributed by atoms with E-state index in [1.165, 1.54) is 31.4 Å². The molecular formula is C13H17N3. The molecule has 0 saturated heterocycles. The Labute approximate surface area is 95.5 Å². The van der Waals surface area contributed by atoms with Gasteiger partial charge in [0.05, 0.1) is 5.69 Å². The van der Waals surface area contributed by atoms with Gasteiger partial charge in [-0.15, -0.1) is 0 Å². The fourth-order valence-corrected chi connectivity index (χ4v) is 2.77. The van der Waals surface area contributed by atoms with E-state index < -0.39 is 0 Å². The van der Waals surface area contributed by atoms with Crippen molar-refractivity contribution in [2.75, 3.05) is 0 Å². The lowest BCUT2D eigenvalue weighted by molar-refractivity contribution is 0.680. The Morgan fingerprint density at radius 3 is 2.75 bits per heavy atom. The largest absolute Gasteiger partial charge is 0.287 e. The minimum Gasteiger partial charge on any atom is -0.287 e. The second-order valence-electron chi connectivity index (χ2n) is 4.83. The van der Waals surface area contributed by atoms with Crippen molar-refractivity contribution in [3.8, 4) is 0 Å². The van der Waals surface area contributed by atoms with Crippen LogP contribution in [-0.4, -0.2) is 14.4 Å². The first-order chi connectivity index (χ1) is 7.75. The SMILES string of the molecule is Cc1cc(C2CCCC2)n2cnc(C)c2n1. The zero-order valence-electron chi connectivity index (χ0n) is 9.90. The lowest BCUT2D eigenvalue weighted by Crippen LogP contribution is -2.03. The second kappa shape index (κ2) is 3.58. The number of aryl methyl sites for hydroxylation is 2. The molecule has 1 aliphatic rings. The number of fused-ring (bicyclic) bond motifs is 1. The van der Waals surface area contributed by atoms with Gasteiger partial charge in [0.2, 0.25) is 0 Å². The van der Waals surface area contributed by atoms with Gasteiger partial charge in [0.1, 0.15) is 6.33 Å². The van der Waals surface area contributed by atoms with Crippen molar-refractivity contribution in [2.45, 2.75) is 45.4 Å². The molecule has 1 aliphatic carbocycles. The molecule has 0 unspecified atom stereocenters. The summed E-state index contributed by atoms with van der Waals surface area (Å²) in [6.07, 6.45) is 7.28. The number of rotatable bonds is 1. The maximum atomic E-state index is 4.57. The van der Waals surface area contributed by atoms with Crippen LogP contribution >= 0.6 is 0 Å². The van der Waals surface area contributed by atoms with Crippen molar-refractivity contribution in [3.63, 3.8) is 0 Å². The first-order valence-electron chi connectivity index (χ1n) is 6.07. The molecule has 0 amide bonds.